The molecule has 5 heteroatoms. The zero-order valence-corrected chi connectivity index (χ0v) is 16.4. The summed E-state index contributed by atoms with van der Waals surface area (Å²) in [5.41, 5.74) is 2.27. The molecule has 3 fully saturated rings. The van der Waals surface area contributed by atoms with Gasteiger partial charge in [-0.25, -0.2) is 4.39 Å². The van der Waals surface area contributed by atoms with Crippen LogP contribution < -0.4 is 5.32 Å². The highest BCUT2D eigenvalue weighted by Gasteiger charge is 2.33. The molecule has 2 saturated heterocycles. The number of rotatable bonds is 5. The Bertz CT molecular complexity index is 668. The van der Waals surface area contributed by atoms with Crippen molar-refractivity contribution in [3.63, 3.8) is 0 Å². The summed E-state index contributed by atoms with van der Waals surface area (Å²) in [7, 11) is 0. The lowest BCUT2D eigenvalue weighted by Crippen LogP contribution is -2.50. The summed E-state index contributed by atoms with van der Waals surface area (Å²) in [6.45, 7) is 7.13. The van der Waals surface area contributed by atoms with Gasteiger partial charge in [0, 0.05) is 25.2 Å². The van der Waals surface area contributed by atoms with Crippen LogP contribution in [0.5, 0.6) is 0 Å². The second-order valence-corrected chi connectivity index (χ2v) is 8.70. The SMILES string of the molecule is Cc1cc(F)ccc1CN1CCC(N2CCCC(C(=O)NC3CC3)C2)CC1. The van der Waals surface area contributed by atoms with Crippen molar-refractivity contribution in [3.8, 4) is 0 Å². The molecule has 0 radical (unpaired) electrons. The fourth-order valence-corrected chi connectivity index (χ4v) is 4.62. The first-order chi connectivity index (χ1) is 13.1. The summed E-state index contributed by atoms with van der Waals surface area (Å²) < 4.78 is 13.3. The zero-order chi connectivity index (χ0) is 18.8. The van der Waals surface area contributed by atoms with E-state index in [2.05, 4.69) is 15.1 Å². The standard InChI is InChI=1S/C22H32FN3O/c1-16-13-19(23)5-4-17(16)14-25-11-8-21(9-12-25)26-10-2-3-18(15-26)22(27)24-20-6-7-20/h4-5,13,18,20-21H,2-3,6-12,14-15H2,1H3,(H,24,27). The van der Waals surface area contributed by atoms with E-state index in [0.29, 0.717) is 12.1 Å². The minimum absolute atomic E-state index is 0.152. The fourth-order valence-electron chi connectivity index (χ4n) is 4.62. The Labute approximate surface area is 162 Å². The van der Waals surface area contributed by atoms with E-state index in [-0.39, 0.29) is 17.6 Å². The van der Waals surface area contributed by atoms with Gasteiger partial charge in [0.2, 0.25) is 5.91 Å². The fraction of sp³-hybridized carbons (Fsp3) is 0.682. The van der Waals surface area contributed by atoms with Gasteiger partial charge in [-0.1, -0.05) is 6.07 Å². The topological polar surface area (TPSA) is 35.6 Å². The van der Waals surface area contributed by atoms with Gasteiger partial charge in [0.1, 0.15) is 5.82 Å². The highest BCUT2D eigenvalue weighted by molar-refractivity contribution is 5.79. The second kappa shape index (κ2) is 8.27. The Kier molecular flexibility index (Phi) is 5.79. The van der Waals surface area contributed by atoms with E-state index in [0.717, 1.165) is 76.8 Å². The van der Waals surface area contributed by atoms with Gasteiger partial charge in [0.15, 0.2) is 0 Å². The predicted molar refractivity (Wildman–Crippen MR) is 105 cm³/mol. The van der Waals surface area contributed by atoms with Crippen LogP contribution in [0.15, 0.2) is 18.2 Å². The van der Waals surface area contributed by atoms with E-state index in [4.69, 9.17) is 0 Å². The van der Waals surface area contributed by atoms with Crippen LogP contribution in [0.25, 0.3) is 0 Å². The van der Waals surface area contributed by atoms with E-state index in [1.165, 1.54) is 5.56 Å². The molecule has 1 amide bonds. The molecule has 1 unspecified atom stereocenters. The molecule has 27 heavy (non-hydrogen) atoms. The number of nitrogens with one attached hydrogen (secondary N) is 1. The molecule has 1 saturated carbocycles. The van der Waals surface area contributed by atoms with Crippen LogP contribution in [-0.2, 0) is 11.3 Å². The lowest BCUT2D eigenvalue weighted by molar-refractivity contribution is -0.127. The first kappa shape index (κ1) is 18.9. The van der Waals surface area contributed by atoms with Gasteiger partial charge in [0.05, 0.1) is 5.92 Å². The third kappa shape index (κ3) is 4.88. The van der Waals surface area contributed by atoms with Crippen LogP contribution >= 0.6 is 0 Å². The Hall–Kier alpha value is -1.46. The Morgan fingerprint density at radius 1 is 1.15 bits per heavy atom. The number of hydrogen-bond acceptors (Lipinski definition) is 3. The molecule has 1 aromatic rings. The molecule has 2 heterocycles. The smallest absolute Gasteiger partial charge is 0.224 e. The number of aryl methyl sites for hydroxylation is 1. The highest BCUT2D eigenvalue weighted by Crippen LogP contribution is 2.26. The van der Waals surface area contributed by atoms with Gasteiger partial charge >= 0.3 is 0 Å². The first-order valence-electron chi connectivity index (χ1n) is 10.6. The van der Waals surface area contributed by atoms with Crippen molar-refractivity contribution < 1.29 is 9.18 Å². The quantitative estimate of drug-likeness (QED) is 0.862. The number of hydrogen-bond donors (Lipinski definition) is 1. The molecule has 0 aromatic heterocycles. The maximum atomic E-state index is 13.3. The largest absolute Gasteiger partial charge is 0.353 e. The molecular weight excluding hydrogens is 341 g/mol. The molecule has 3 aliphatic rings. The highest BCUT2D eigenvalue weighted by atomic mass is 19.1. The molecule has 148 valence electrons. The number of halogens is 1. The van der Waals surface area contributed by atoms with Gasteiger partial charge in [-0.05, 0) is 88.3 Å². The predicted octanol–water partition coefficient (Wildman–Crippen LogP) is 3.09. The van der Waals surface area contributed by atoms with Crippen LogP contribution in [0.2, 0.25) is 0 Å². The van der Waals surface area contributed by atoms with Crippen molar-refractivity contribution in [2.24, 2.45) is 5.92 Å². The van der Waals surface area contributed by atoms with E-state index >= 15 is 0 Å². The summed E-state index contributed by atoms with van der Waals surface area (Å²) in [5.74, 6) is 0.311. The average molecular weight is 374 g/mol. The number of nitrogens with zero attached hydrogens (tertiary/aromatic N) is 2. The van der Waals surface area contributed by atoms with Gasteiger partial charge in [-0.3, -0.25) is 14.6 Å². The number of amides is 1. The maximum absolute atomic E-state index is 13.3. The van der Waals surface area contributed by atoms with E-state index in [1.54, 1.807) is 12.1 Å². The minimum atomic E-state index is -0.152. The van der Waals surface area contributed by atoms with Crippen LogP contribution in [-0.4, -0.2) is 54.0 Å². The Morgan fingerprint density at radius 2 is 1.93 bits per heavy atom. The molecule has 0 bridgehead atoms. The summed E-state index contributed by atoms with van der Waals surface area (Å²) >= 11 is 0. The Balaban J connectivity index is 1.26. The summed E-state index contributed by atoms with van der Waals surface area (Å²) in [4.78, 5) is 17.5. The van der Waals surface area contributed by atoms with Crippen molar-refractivity contribution in [1.82, 2.24) is 15.1 Å². The van der Waals surface area contributed by atoms with E-state index < -0.39 is 0 Å². The van der Waals surface area contributed by atoms with Crippen LogP contribution in [0.3, 0.4) is 0 Å². The minimum Gasteiger partial charge on any atom is -0.353 e. The lowest BCUT2D eigenvalue weighted by atomic mass is 9.93. The third-order valence-corrected chi connectivity index (χ3v) is 6.52. The summed E-state index contributed by atoms with van der Waals surface area (Å²) in [5, 5.41) is 3.19. The molecule has 1 atom stereocenters. The van der Waals surface area contributed by atoms with Crippen molar-refractivity contribution in [3.05, 3.63) is 35.1 Å². The normalized spacial score (nSPS) is 25.5. The molecule has 0 spiro atoms. The maximum Gasteiger partial charge on any atom is 0.224 e. The van der Waals surface area contributed by atoms with E-state index in [9.17, 15) is 9.18 Å². The number of piperidine rings is 2. The van der Waals surface area contributed by atoms with Crippen molar-refractivity contribution in [2.45, 2.75) is 64.1 Å². The zero-order valence-electron chi connectivity index (χ0n) is 16.4. The molecule has 1 N–H and O–H groups in total. The van der Waals surface area contributed by atoms with Crippen molar-refractivity contribution >= 4 is 5.91 Å². The number of carbonyl (C=O) groups excluding carboxylic acids is 1. The van der Waals surface area contributed by atoms with Crippen molar-refractivity contribution in [1.29, 1.82) is 0 Å². The van der Waals surface area contributed by atoms with Crippen LogP contribution in [0.4, 0.5) is 4.39 Å². The monoisotopic (exact) mass is 373 g/mol. The molecular formula is C22H32FN3O. The third-order valence-electron chi connectivity index (χ3n) is 6.52. The van der Waals surface area contributed by atoms with Crippen LogP contribution in [0, 0.1) is 18.7 Å². The molecule has 1 aromatic carbocycles. The van der Waals surface area contributed by atoms with Gasteiger partial charge < -0.3 is 5.32 Å². The first-order valence-corrected chi connectivity index (χ1v) is 10.6. The summed E-state index contributed by atoms with van der Waals surface area (Å²) in [6, 6.07) is 6.18. The number of carbonyl (C=O) groups is 1. The molecule has 4 nitrogen and oxygen atoms in total. The molecule has 1 aliphatic carbocycles. The van der Waals surface area contributed by atoms with E-state index in [1.807, 2.05) is 13.0 Å². The van der Waals surface area contributed by atoms with Crippen molar-refractivity contribution in [2.75, 3.05) is 26.2 Å². The average Bonchev–Trinajstić information content (AvgIpc) is 3.49. The molecule has 4 rings (SSSR count). The van der Waals surface area contributed by atoms with Crippen LogP contribution in [0.1, 0.15) is 49.7 Å². The second-order valence-electron chi connectivity index (χ2n) is 8.70. The molecule has 2 aliphatic heterocycles. The summed E-state index contributed by atoms with van der Waals surface area (Å²) in [6.07, 6.45) is 6.83. The van der Waals surface area contributed by atoms with Gasteiger partial charge in [-0.2, -0.15) is 0 Å². The number of benzene rings is 1. The van der Waals surface area contributed by atoms with Gasteiger partial charge in [-0.15, -0.1) is 0 Å². The lowest BCUT2D eigenvalue weighted by Gasteiger charge is -2.42. The number of likely N-dealkylation sites (tertiary alicyclic amines) is 2. The Morgan fingerprint density at radius 3 is 2.63 bits per heavy atom. The van der Waals surface area contributed by atoms with Gasteiger partial charge in [0.25, 0.3) is 0 Å².